The summed E-state index contributed by atoms with van der Waals surface area (Å²) in [5.74, 6) is 0.539. The molecule has 2 aromatic carbocycles. The first-order valence-corrected chi connectivity index (χ1v) is 9.93. The molecule has 0 aliphatic heterocycles. The van der Waals surface area contributed by atoms with Crippen LogP contribution in [0, 0.1) is 0 Å². The van der Waals surface area contributed by atoms with Crippen LogP contribution in [0.3, 0.4) is 0 Å². The minimum atomic E-state index is -0.488. The van der Waals surface area contributed by atoms with E-state index in [1.807, 2.05) is 83.4 Å². The van der Waals surface area contributed by atoms with Gasteiger partial charge >= 0.3 is 5.69 Å². The molecule has 3 aromatic heterocycles. The average Bonchev–Trinajstić information content (AvgIpc) is 3.18. The van der Waals surface area contributed by atoms with Crippen LogP contribution < -0.4 is 11.2 Å². The van der Waals surface area contributed by atoms with Gasteiger partial charge in [-0.25, -0.2) is 9.78 Å². The molecule has 0 amide bonds. The van der Waals surface area contributed by atoms with Crippen molar-refractivity contribution in [2.45, 2.75) is 13.1 Å². The Bertz CT molecular complexity index is 1450. The first-order valence-electron chi connectivity index (χ1n) is 9.93. The minimum Gasteiger partial charge on any atom is -0.312 e. The van der Waals surface area contributed by atoms with E-state index in [1.54, 1.807) is 6.20 Å². The number of benzene rings is 2. The summed E-state index contributed by atoms with van der Waals surface area (Å²) >= 11 is 0. The summed E-state index contributed by atoms with van der Waals surface area (Å²) in [5, 5.41) is 0. The van der Waals surface area contributed by atoms with Gasteiger partial charge in [-0.1, -0.05) is 66.7 Å². The zero-order valence-electron chi connectivity index (χ0n) is 16.6. The Morgan fingerprint density at radius 2 is 1.35 bits per heavy atom. The van der Waals surface area contributed by atoms with Crippen molar-refractivity contribution >= 4 is 11.2 Å². The van der Waals surface area contributed by atoms with E-state index in [0.29, 0.717) is 35.8 Å². The number of pyridine rings is 1. The summed E-state index contributed by atoms with van der Waals surface area (Å²) in [7, 11) is 0. The van der Waals surface area contributed by atoms with E-state index in [1.165, 1.54) is 4.57 Å². The Morgan fingerprint density at radius 3 is 1.97 bits per heavy atom. The Hall–Kier alpha value is -4.26. The topological polar surface area (TPSA) is 85.6 Å². The van der Waals surface area contributed by atoms with Crippen LogP contribution in [0.25, 0.3) is 22.7 Å². The number of fused-ring (bicyclic) bond motifs is 1. The predicted octanol–water partition coefficient (Wildman–Crippen LogP) is 3.04. The number of aromatic amines is 1. The molecule has 3 heterocycles. The van der Waals surface area contributed by atoms with Crippen molar-refractivity contribution in [2.24, 2.45) is 0 Å². The highest BCUT2D eigenvalue weighted by Gasteiger charge is 2.20. The van der Waals surface area contributed by atoms with E-state index in [9.17, 15) is 9.59 Å². The summed E-state index contributed by atoms with van der Waals surface area (Å²) in [5.41, 5.74) is 2.32. The monoisotopic (exact) mass is 409 g/mol. The molecule has 31 heavy (non-hydrogen) atoms. The zero-order chi connectivity index (χ0) is 21.2. The lowest BCUT2D eigenvalue weighted by Crippen LogP contribution is -2.31. The maximum absolute atomic E-state index is 12.9. The van der Waals surface area contributed by atoms with E-state index in [4.69, 9.17) is 4.98 Å². The fourth-order valence-corrected chi connectivity index (χ4v) is 3.70. The van der Waals surface area contributed by atoms with E-state index >= 15 is 0 Å². The molecule has 0 aliphatic rings. The van der Waals surface area contributed by atoms with Crippen molar-refractivity contribution in [3.8, 4) is 11.5 Å². The molecule has 7 heteroatoms. The van der Waals surface area contributed by atoms with Crippen LogP contribution in [-0.2, 0) is 13.1 Å². The van der Waals surface area contributed by atoms with E-state index in [2.05, 4.69) is 9.97 Å². The fraction of sp³-hybridized carbons (Fsp3) is 0.0833. The van der Waals surface area contributed by atoms with Gasteiger partial charge in [-0.15, -0.1) is 0 Å². The van der Waals surface area contributed by atoms with E-state index < -0.39 is 11.2 Å². The lowest BCUT2D eigenvalue weighted by molar-refractivity contribution is 0.745. The molecule has 0 atom stereocenters. The Morgan fingerprint density at radius 1 is 0.742 bits per heavy atom. The van der Waals surface area contributed by atoms with Crippen molar-refractivity contribution in [1.82, 2.24) is 24.1 Å². The van der Waals surface area contributed by atoms with Crippen molar-refractivity contribution in [3.05, 3.63) is 117 Å². The predicted molar refractivity (Wildman–Crippen MR) is 119 cm³/mol. The summed E-state index contributed by atoms with van der Waals surface area (Å²) < 4.78 is 3.33. The number of aromatic nitrogens is 5. The SMILES string of the molecule is O=c1[nH]c(=O)n(Cc2ccccc2)c2nc(-c3ccccn3)n(Cc3ccccc3)c12. The van der Waals surface area contributed by atoms with Crippen molar-refractivity contribution in [2.75, 3.05) is 0 Å². The van der Waals surface area contributed by atoms with Crippen LogP contribution in [0.2, 0.25) is 0 Å². The Kier molecular flexibility index (Phi) is 4.76. The molecule has 5 aromatic rings. The number of nitrogens with one attached hydrogen (secondary N) is 1. The largest absolute Gasteiger partial charge is 0.330 e. The summed E-state index contributed by atoms with van der Waals surface area (Å²) in [4.78, 5) is 37.3. The molecule has 0 unspecified atom stereocenters. The number of H-pyrrole nitrogens is 1. The van der Waals surface area contributed by atoms with Crippen molar-refractivity contribution in [1.29, 1.82) is 0 Å². The number of nitrogens with zero attached hydrogens (tertiary/aromatic N) is 4. The Balaban J connectivity index is 1.78. The normalized spacial score (nSPS) is 11.1. The van der Waals surface area contributed by atoms with Crippen LogP contribution in [0.15, 0.2) is 94.6 Å². The maximum atomic E-state index is 12.9. The first kappa shape index (κ1) is 18.7. The van der Waals surface area contributed by atoms with Crippen LogP contribution >= 0.6 is 0 Å². The number of imidazole rings is 1. The second-order valence-corrected chi connectivity index (χ2v) is 7.23. The fourth-order valence-electron chi connectivity index (χ4n) is 3.70. The Labute approximate surface area is 177 Å². The summed E-state index contributed by atoms with van der Waals surface area (Å²) in [6.45, 7) is 0.729. The smallest absolute Gasteiger partial charge is 0.312 e. The van der Waals surface area contributed by atoms with E-state index in [-0.39, 0.29) is 0 Å². The summed E-state index contributed by atoms with van der Waals surface area (Å²) in [6.07, 6.45) is 1.68. The lowest BCUT2D eigenvalue weighted by atomic mass is 10.2. The van der Waals surface area contributed by atoms with Crippen LogP contribution in [0.5, 0.6) is 0 Å². The molecule has 0 aliphatic carbocycles. The highest BCUT2D eigenvalue weighted by atomic mass is 16.2. The van der Waals surface area contributed by atoms with Gasteiger partial charge in [-0.05, 0) is 23.3 Å². The van der Waals surface area contributed by atoms with Crippen molar-refractivity contribution in [3.63, 3.8) is 0 Å². The highest BCUT2D eigenvalue weighted by Crippen LogP contribution is 2.22. The van der Waals surface area contributed by atoms with Gasteiger partial charge in [0, 0.05) is 12.7 Å². The van der Waals surface area contributed by atoms with Gasteiger partial charge < -0.3 is 4.57 Å². The van der Waals surface area contributed by atoms with Gasteiger partial charge in [-0.3, -0.25) is 19.3 Å². The van der Waals surface area contributed by atoms with Crippen LogP contribution in [-0.4, -0.2) is 24.1 Å². The molecular weight excluding hydrogens is 390 g/mol. The molecule has 152 valence electrons. The molecular formula is C24H19N5O2. The minimum absolute atomic E-state index is 0.303. The quantitative estimate of drug-likeness (QED) is 0.483. The molecule has 0 radical (unpaired) electrons. The van der Waals surface area contributed by atoms with Crippen molar-refractivity contribution < 1.29 is 0 Å². The molecule has 1 N–H and O–H groups in total. The molecule has 5 rings (SSSR count). The maximum Gasteiger partial charge on any atom is 0.330 e. The number of rotatable bonds is 5. The van der Waals surface area contributed by atoms with Gasteiger partial charge in [-0.2, -0.15) is 0 Å². The van der Waals surface area contributed by atoms with Gasteiger partial charge in [0.25, 0.3) is 5.56 Å². The zero-order valence-corrected chi connectivity index (χ0v) is 16.6. The van der Waals surface area contributed by atoms with Crippen LogP contribution in [0.1, 0.15) is 11.1 Å². The molecule has 0 bridgehead atoms. The third-order valence-corrected chi connectivity index (χ3v) is 5.15. The molecule has 0 fully saturated rings. The van der Waals surface area contributed by atoms with Gasteiger partial charge in [0.2, 0.25) is 0 Å². The third-order valence-electron chi connectivity index (χ3n) is 5.15. The highest BCUT2D eigenvalue weighted by molar-refractivity contribution is 5.76. The second-order valence-electron chi connectivity index (χ2n) is 7.23. The standard InChI is InChI=1S/C24H19N5O2/c30-23-20-22(29(24(31)27-23)16-18-11-5-2-6-12-18)26-21(19-13-7-8-14-25-19)28(20)15-17-9-3-1-4-10-17/h1-14H,15-16H2,(H,27,30,31). The number of hydrogen-bond donors (Lipinski definition) is 1. The van der Waals surface area contributed by atoms with E-state index in [0.717, 1.165) is 11.1 Å². The molecule has 0 saturated carbocycles. The first-order chi connectivity index (χ1) is 15.2. The number of hydrogen-bond acceptors (Lipinski definition) is 4. The second kappa shape index (κ2) is 7.87. The molecule has 0 saturated heterocycles. The average molecular weight is 409 g/mol. The lowest BCUT2D eigenvalue weighted by Gasteiger charge is -2.09. The van der Waals surface area contributed by atoms with Gasteiger partial charge in [0.1, 0.15) is 5.69 Å². The molecule has 7 nitrogen and oxygen atoms in total. The third kappa shape index (κ3) is 3.57. The summed E-state index contributed by atoms with van der Waals surface area (Å²) in [6, 6.07) is 25.0. The molecule has 0 spiro atoms. The van der Waals surface area contributed by atoms with Gasteiger partial charge in [0.05, 0.1) is 6.54 Å². The van der Waals surface area contributed by atoms with Crippen LogP contribution in [0.4, 0.5) is 0 Å². The van der Waals surface area contributed by atoms with Gasteiger partial charge in [0.15, 0.2) is 17.0 Å².